The van der Waals surface area contributed by atoms with Crippen molar-refractivity contribution in [3.63, 3.8) is 0 Å². The first-order chi connectivity index (χ1) is 9.38. The van der Waals surface area contributed by atoms with Crippen LogP contribution in [0, 0.1) is 0 Å². The van der Waals surface area contributed by atoms with Gasteiger partial charge in [0.25, 0.3) is 0 Å². The Bertz CT molecular complexity index is 347. The lowest BCUT2D eigenvalue weighted by Crippen LogP contribution is -2.25. The molecule has 1 aromatic carbocycles. The smallest absolute Gasteiger partial charge is 0.119 e. The fraction of sp³-hybridized carbons (Fsp3) is 0.600. The van der Waals surface area contributed by atoms with Crippen molar-refractivity contribution in [1.29, 1.82) is 0 Å². The van der Waals surface area contributed by atoms with Gasteiger partial charge in [0.05, 0.1) is 19.3 Å². The quantitative estimate of drug-likeness (QED) is 0.767. The molecule has 1 unspecified atom stereocenters. The molecule has 4 nitrogen and oxygen atoms in total. The monoisotopic (exact) mass is 265 g/mol. The van der Waals surface area contributed by atoms with Crippen LogP contribution in [0.3, 0.4) is 0 Å². The second-order valence-corrected chi connectivity index (χ2v) is 4.76. The van der Waals surface area contributed by atoms with E-state index in [2.05, 4.69) is 0 Å². The molecular weight excluding hydrogens is 242 g/mol. The average molecular weight is 265 g/mol. The number of rotatable bonds is 7. The van der Waals surface area contributed by atoms with Crippen LogP contribution in [0.15, 0.2) is 24.3 Å². The van der Waals surface area contributed by atoms with Gasteiger partial charge in [-0.1, -0.05) is 12.1 Å². The van der Waals surface area contributed by atoms with E-state index in [4.69, 9.17) is 19.9 Å². The van der Waals surface area contributed by atoms with Crippen LogP contribution in [0.4, 0.5) is 0 Å². The molecule has 0 spiro atoms. The second-order valence-electron chi connectivity index (χ2n) is 4.76. The van der Waals surface area contributed by atoms with Gasteiger partial charge in [0.15, 0.2) is 0 Å². The molecule has 0 saturated carbocycles. The maximum atomic E-state index is 5.59. The van der Waals surface area contributed by atoms with Gasteiger partial charge in [-0.25, -0.2) is 0 Å². The van der Waals surface area contributed by atoms with Gasteiger partial charge >= 0.3 is 0 Å². The SMILES string of the molecule is NCc1ccc(OCCOCC2CCCCO2)cc1. The van der Waals surface area contributed by atoms with Gasteiger partial charge in [0.1, 0.15) is 12.4 Å². The molecule has 1 heterocycles. The van der Waals surface area contributed by atoms with Crippen LogP contribution in [0.1, 0.15) is 24.8 Å². The van der Waals surface area contributed by atoms with E-state index in [1.807, 2.05) is 24.3 Å². The summed E-state index contributed by atoms with van der Waals surface area (Å²) < 4.78 is 16.7. The summed E-state index contributed by atoms with van der Waals surface area (Å²) in [7, 11) is 0. The van der Waals surface area contributed by atoms with Gasteiger partial charge in [-0.3, -0.25) is 0 Å². The van der Waals surface area contributed by atoms with E-state index in [1.54, 1.807) is 0 Å². The lowest BCUT2D eigenvalue weighted by atomic mass is 10.1. The Morgan fingerprint density at radius 3 is 2.68 bits per heavy atom. The van der Waals surface area contributed by atoms with Crippen molar-refractivity contribution >= 4 is 0 Å². The number of nitrogens with two attached hydrogens (primary N) is 1. The van der Waals surface area contributed by atoms with Crippen molar-refractivity contribution in [2.24, 2.45) is 5.73 Å². The van der Waals surface area contributed by atoms with Gasteiger partial charge in [-0.05, 0) is 37.0 Å². The lowest BCUT2D eigenvalue weighted by molar-refractivity contribution is -0.0444. The van der Waals surface area contributed by atoms with Crippen LogP contribution < -0.4 is 10.5 Å². The molecule has 1 aliphatic heterocycles. The summed E-state index contributed by atoms with van der Waals surface area (Å²) in [6.07, 6.45) is 3.82. The third-order valence-corrected chi connectivity index (χ3v) is 3.23. The predicted octanol–water partition coefficient (Wildman–Crippen LogP) is 2.11. The number of benzene rings is 1. The molecule has 0 aromatic heterocycles. The van der Waals surface area contributed by atoms with E-state index in [0.717, 1.165) is 24.3 Å². The normalized spacial score (nSPS) is 19.3. The van der Waals surface area contributed by atoms with E-state index >= 15 is 0 Å². The zero-order chi connectivity index (χ0) is 13.3. The average Bonchev–Trinajstić information content (AvgIpc) is 2.49. The molecule has 4 heteroatoms. The summed E-state index contributed by atoms with van der Waals surface area (Å²) >= 11 is 0. The first kappa shape index (κ1) is 14.3. The fourth-order valence-electron chi connectivity index (χ4n) is 2.09. The Hall–Kier alpha value is -1.10. The summed E-state index contributed by atoms with van der Waals surface area (Å²) in [5, 5.41) is 0. The molecule has 2 N–H and O–H groups in total. The Balaban J connectivity index is 1.55. The van der Waals surface area contributed by atoms with Crippen molar-refractivity contribution in [2.75, 3.05) is 26.4 Å². The van der Waals surface area contributed by atoms with E-state index in [-0.39, 0.29) is 6.10 Å². The first-order valence-corrected chi connectivity index (χ1v) is 6.99. The third kappa shape index (κ3) is 5.19. The van der Waals surface area contributed by atoms with Crippen molar-refractivity contribution in [1.82, 2.24) is 0 Å². The minimum atomic E-state index is 0.276. The highest BCUT2D eigenvalue weighted by atomic mass is 16.5. The van der Waals surface area contributed by atoms with Crippen LogP contribution in [0.2, 0.25) is 0 Å². The van der Waals surface area contributed by atoms with Crippen LogP contribution in [-0.2, 0) is 16.0 Å². The molecule has 106 valence electrons. The molecule has 1 aliphatic rings. The number of hydrogen-bond donors (Lipinski definition) is 1. The Morgan fingerprint density at radius 2 is 2.00 bits per heavy atom. The van der Waals surface area contributed by atoms with Gasteiger partial charge in [0, 0.05) is 13.2 Å². The largest absolute Gasteiger partial charge is 0.491 e. The van der Waals surface area contributed by atoms with Gasteiger partial charge in [-0.2, -0.15) is 0 Å². The van der Waals surface area contributed by atoms with Crippen LogP contribution in [0.25, 0.3) is 0 Å². The number of ether oxygens (including phenoxy) is 3. The highest BCUT2D eigenvalue weighted by molar-refractivity contribution is 5.26. The highest BCUT2D eigenvalue weighted by Gasteiger charge is 2.13. The molecule has 0 bridgehead atoms. The molecule has 1 atom stereocenters. The van der Waals surface area contributed by atoms with E-state index in [9.17, 15) is 0 Å². The highest BCUT2D eigenvalue weighted by Crippen LogP contribution is 2.13. The lowest BCUT2D eigenvalue weighted by Gasteiger charge is -2.22. The molecule has 0 radical (unpaired) electrons. The maximum absolute atomic E-state index is 5.59. The molecule has 1 fully saturated rings. The minimum absolute atomic E-state index is 0.276. The second kappa shape index (κ2) is 8.15. The van der Waals surface area contributed by atoms with Gasteiger partial charge < -0.3 is 19.9 Å². The van der Waals surface area contributed by atoms with Crippen LogP contribution in [0.5, 0.6) is 5.75 Å². The molecule has 19 heavy (non-hydrogen) atoms. The maximum Gasteiger partial charge on any atom is 0.119 e. The van der Waals surface area contributed by atoms with E-state index in [1.165, 1.54) is 12.8 Å². The topological polar surface area (TPSA) is 53.7 Å². The van der Waals surface area contributed by atoms with Gasteiger partial charge in [0.2, 0.25) is 0 Å². The summed E-state index contributed by atoms with van der Waals surface area (Å²) in [4.78, 5) is 0. The first-order valence-electron chi connectivity index (χ1n) is 6.99. The Morgan fingerprint density at radius 1 is 1.16 bits per heavy atom. The third-order valence-electron chi connectivity index (χ3n) is 3.23. The fourth-order valence-corrected chi connectivity index (χ4v) is 2.09. The van der Waals surface area contributed by atoms with Crippen molar-refractivity contribution in [3.05, 3.63) is 29.8 Å². The Kier molecular flexibility index (Phi) is 6.14. The van der Waals surface area contributed by atoms with Crippen LogP contribution in [-0.4, -0.2) is 32.5 Å². The molecule has 2 rings (SSSR count). The zero-order valence-corrected chi connectivity index (χ0v) is 11.3. The summed E-state index contributed by atoms with van der Waals surface area (Å²) in [6.45, 7) is 3.27. The molecule has 1 saturated heterocycles. The van der Waals surface area contributed by atoms with Crippen LogP contribution >= 0.6 is 0 Å². The predicted molar refractivity (Wildman–Crippen MR) is 74.2 cm³/mol. The molecular formula is C15H23NO3. The standard InChI is InChI=1S/C15H23NO3/c16-11-13-4-6-14(7-5-13)19-10-9-17-12-15-3-1-2-8-18-15/h4-7,15H,1-3,8-12,16H2. The van der Waals surface area contributed by atoms with Crippen molar-refractivity contribution in [3.8, 4) is 5.75 Å². The number of hydrogen-bond acceptors (Lipinski definition) is 4. The summed E-state index contributed by atoms with van der Waals surface area (Å²) in [5.74, 6) is 0.856. The summed E-state index contributed by atoms with van der Waals surface area (Å²) in [6, 6.07) is 7.83. The minimum Gasteiger partial charge on any atom is -0.491 e. The zero-order valence-electron chi connectivity index (χ0n) is 11.3. The molecule has 0 amide bonds. The van der Waals surface area contributed by atoms with Crippen molar-refractivity contribution in [2.45, 2.75) is 31.9 Å². The van der Waals surface area contributed by atoms with E-state index < -0.39 is 0 Å². The van der Waals surface area contributed by atoms with E-state index in [0.29, 0.717) is 26.4 Å². The molecule has 0 aliphatic carbocycles. The van der Waals surface area contributed by atoms with Crippen molar-refractivity contribution < 1.29 is 14.2 Å². The Labute approximate surface area is 114 Å². The van der Waals surface area contributed by atoms with Gasteiger partial charge in [-0.15, -0.1) is 0 Å². The molecule has 1 aromatic rings. The summed E-state index contributed by atoms with van der Waals surface area (Å²) in [5.41, 5.74) is 6.65.